The number of hydrogen-bond donors (Lipinski definition) is 0. The fourth-order valence-electron chi connectivity index (χ4n) is 7.75. The summed E-state index contributed by atoms with van der Waals surface area (Å²) in [5.74, 6) is 0.833. The summed E-state index contributed by atoms with van der Waals surface area (Å²) in [5.41, 5.74) is 19.8. The van der Waals surface area contributed by atoms with Gasteiger partial charge in [0, 0.05) is 0 Å². The van der Waals surface area contributed by atoms with E-state index in [1.165, 1.54) is 57.4 Å². The van der Waals surface area contributed by atoms with Crippen LogP contribution in [0.1, 0.15) is 202 Å². The first-order valence-electron chi connectivity index (χ1n) is 32.0. The predicted molar refractivity (Wildman–Crippen MR) is 398 cm³/mol. The van der Waals surface area contributed by atoms with Crippen LogP contribution in [-0.2, 0) is 0 Å². The summed E-state index contributed by atoms with van der Waals surface area (Å²) in [6.45, 7) is 65.3. The lowest BCUT2D eigenvalue weighted by atomic mass is 9.80. The molecule has 0 fully saturated rings. The lowest BCUT2D eigenvalue weighted by molar-refractivity contribution is 0.737. The van der Waals surface area contributed by atoms with E-state index in [1.807, 2.05) is 126 Å². The summed E-state index contributed by atoms with van der Waals surface area (Å²) < 4.78 is 0. The third kappa shape index (κ3) is 31.4. The topological polar surface area (TPSA) is 0 Å². The molecule has 0 radical (unpaired) electrons. The Morgan fingerprint density at radius 1 is 0.381 bits per heavy atom. The van der Waals surface area contributed by atoms with E-state index in [9.17, 15) is 0 Å². The number of allylic oxidation sites excluding steroid dienone is 16. The monoisotopic (exact) mass is 1130 g/mol. The van der Waals surface area contributed by atoms with Crippen molar-refractivity contribution in [2.75, 3.05) is 0 Å². The van der Waals surface area contributed by atoms with Gasteiger partial charge in [-0.1, -0.05) is 396 Å². The Hall–Kier alpha value is -7.28. The minimum absolute atomic E-state index is 0.833. The maximum Gasteiger partial charge on any atom is -0.00206 e. The zero-order valence-electron chi connectivity index (χ0n) is 58.2. The standard InChI is InChI=1S/C55H48.C7H12.C4H10.2C3H8.6C2H6/c1-7-13-25-42(12-6)50-37-36-48(40(10-4)23-8-2)54(52(50)44-28-19-15-20-29-44)46-32-34-47(35-33-46)55-49(41(11-5)24-9-3)38-39-51(43-26-17-14-18-27-43)53(55)45-30-21-16-22-31-45;1-4-6-7(3)5-2;1-4(2)3;2*1-3-2;6*1-2/h7-39H,1-2,4H2,3,5-6H3;4,6H,1,5H2,2-3H3;4H,1-3H3;2*3H2,1-2H3;6*1-2H3/b24-9-,25-13-,40-23+,41-11+,42-12+;7-6-;;;;;;;;;. The Morgan fingerprint density at radius 2 is 0.690 bits per heavy atom. The van der Waals surface area contributed by atoms with Crippen molar-refractivity contribution in [1.29, 1.82) is 0 Å². The Bertz CT molecular complexity index is 2730. The van der Waals surface area contributed by atoms with Crippen molar-refractivity contribution in [1.82, 2.24) is 0 Å². The molecule has 0 heteroatoms. The number of benzene rings is 6. The van der Waals surface area contributed by atoms with Crippen LogP contribution in [0, 0.1) is 5.92 Å². The second-order valence-corrected chi connectivity index (χ2v) is 17.9. The molecule has 0 bridgehead atoms. The molecule has 0 amide bonds. The van der Waals surface area contributed by atoms with Crippen molar-refractivity contribution in [3.05, 3.63) is 261 Å². The van der Waals surface area contributed by atoms with E-state index in [0.717, 1.165) is 62.4 Å². The molecule has 0 saturated heterocycles. The van der Waals surface area contributed by atoms with Gasteiger partial charge in [0.25, 0.3) is 0 Å². The van der Waals surface area contributed by atoms with Crippen LogP contribution in [0.3, 0.4) is 0 Å². The summed E-state index contributed by atoms with van der Waals surface area (Å²) in [7, 11) is 0. The Balaban J connectivity index is -0.000000607. The third-order valence-corrected chi connectivity index (χ3v) is 10.9. The molecule has 458 valence electrons. The molecule has 0 saturated carbocycles. The average molecular weight is 1130 g/mol. The van der Waals surface area contributed by atoms with Gasteiger partial charge in [0.1, 0.15) is 0 Å². The summed E-state index contributed by atoms with van der Waals surface area (Å²) in [5, 5.41) is 0. The molecule has 6 aromatic carbocycles. The molecule has 0 atom stereocenters. The van der Waals surface area contributed by atoms with Crippen molar-refractivity contribution in [3.8, 4) is 55.6 Å². The van der Waals surface area contributed by atoms with Crippen LogP contribution in [0.2, 0.25) is 0 Å². The van der Waals surface area contributed by atoms with Gasteiger partial charge in [-0.05, 0) is 129 Å². The fourth-order valence-corrected chi connectivity index (χ4v) is 7.75. The fraction of sp³-hybridized carbons (Fsp3) is 0.333. The molecule has 6 aromatic rings. The molecular formula is C84H122. The molecule has 0 unspecified atom stereocenters. The molecule has 0 N–H and O–H groups in total. The number of hydrogen-bond acceptors (Lipinski definition) is 0. The average Bonchev–Trinajstić information content (AvgIpc) is 3.60. The van der Waals surface area contributed by atoms with Crippen LogP contribution in [0.15, 0.2) is 244 Å². The lowest BCUT2D eigenvalue weighted by Gasteiger charge is -2.23. The summed E-state index contributed by atoms with van der Waals surface area (Å²) in [6.07, 6.45) is 27.9. The van der Waals surface area contributed by atoms with Gasteiger partial charge < -0.3 is 0 Å². The summed E-state index contributed by atoms with van der Waals surface area (Å²) >= 11 is 0. The molecule has 84 heavy (non-hydrogen) atoms. The van der Waals surface area contributed by atoms with Crippen molar-refractivity contribution >= 4 is 16.7 Å². The van der Waals surface area contributed by atoms with Gasteiger partial charge in [-0.2, -0.15) is 0 Å². The van der Waals surface area contributed by atoms with Gasteiger partial charge in [-0.25, -0.2) is 0 Å². The maximum atomic E-state index is 4.22. The zero-order valence-corrected chi connectivity index (χ0v) is 58.2. The highest BCUT2D eigenvalue weighted by Crippen LogP contribution is 2.47. The molecular weight excluding hydrogens is 1010 g/mol. The van der Waals surface area contributed by atoms with Crippen LogP contribution >= 0.6 is 0 Å². The second-order valence-electron chi connectivity index (χ2n) is 17.9. The minimum Gasteiger partial charge on any atom is -0.0991 e. The maximum absolute atomic E-state index is 4.22. The Labute approximate surface area is 521 Å². The number of rotatable bonds is 15. The zero-order chi connectivity index (χ0) is 65.3. The van der Waals surface area contributed by atoms with Gasteiger partial charge >= 0.3 is 0 Å². The van der Waals surface area contributed by atoms with Crippen molar-refractivity contribution in [2.24, 2.45) is 5.92 Å². The van der Waals surface area contributed by atoms with Crippen LogP contribution in [0.5, 0.6) is 0 Å². The predicted octanol–water partition coefficient (Wildman–Crippen LogP) is 29.1. The van der Waals surface area contributed by atoms with Crippen LogP contribution in [0.25, 0.3) is 72.4 Å². The highest BCUT2D eigenvalue weighted by molar-refractivity contribution is 6.03. The molecule has 0 aliphatic rings. The van der Waals surface area contributed by atoms with Gasteiger partial charge in [-0.15, -0.1) is 0 Å². The molecule has 0 aliphatic heterocycles. The quantitative estimate of drug-likeness (QED) is 0.0899. The highest BCUT2D eigenvalue weighted by atomic mass is 14.3. The van der Waals surface area contributed by atoms with Gasteiger partial charge in [0.05, 0.1) is 0 Å². The molecule has 6 rings (SSSR count). The van der Waals surface area contributed by atoms with Crippen LogP contribution < -0.4 is 0 Å². The van der Waals surface area contributed by atoms with Gasteiger partial charge in [0.15, 0.2) is 0 Å². The van der Waals surface area contributed by atoms with Gasteiger partial charge in [-0.3, -0.25) is 0 Å². The smallest absolute Gasteiger partial charge is 0.00206 e. The summed E-state index contributed by atoms with van der Waals surface area (Å²) in [6, 6.07) is 50.4. The van der Waals surface area contributed by atoms with Crippen LogP contribution in [-0.4, -0.2) is 0 Å². The Kier molecular flexibility index (Phi) is 60.0. The molecule has 0 heterocycles. The van der Waals surface area contributed by atoms with E-state index in [2.05, 4.69) is 279 Å². The molecule has 0 nitrogen and oxygen atoms in total. The minimum atomic E-state index is 0.833. The van der Waals surface area contributed by atoms with Gasteiger partial charge in [0.2, 0.25) is 0 Å². The molecule has 0 aliphatic carbocycles. The molecule has 0 spiro atoms. The normalized spacial score (nSPS) is 10.3. The molecule has 0 aromatic heterocycles. The van der Waals surface area contributed by atoms with E-state index in [1.54, 1.807) is 0 Å². The van der Waals surface area contributed by atoms with E-state index in [-0.39, 0.29) is 0 Å². The van der Waals surface area contributed by atoms with E-state index >= 15 is 0 Å². The van der Waals surface area contributed by atoms with Crippen molar-refractivity contribution in [2.45, 2.75) is 185 Å². The SMILES string of the molecule is C=C/C=C(/C)CC.C=C/C=C\C(=C/C)c1ccc(/C(C=C)=C/C=C)c(-c2ccc(-c3c(C(/C=C\C)=C/C)ccc(-c4ccccc4)c3-c3ccccc3)cc2)c1-c1ccccc1.CC.CC.CC.CC.CC.CC.CC(C)C.CCC.CCC. The first-order chi connectivity index (χ1) is 40.9. The lowest BCUT2D eigenvalue weighted by Crippen LogP contribution is -1.99. The van der Waals surface area contributed by atoms with Crippen LogP contribution in [0.4, 0.5) is 0 Å². The van der Waals surface area contributed by atoms with E-state index in [4.69, 9.17) is 0 Å². The Morgan fingerprint density at radius 3 is 1.00 bits per heavy atom. The van der Waals surface area contributed by atoms with Crippen molar-refractivity contribution in [3.63, 3.8) is 0 Å². The summed E-state index contributed by atoms with van der Waals surface area (Å²) in [4.78, 5) is 0. The van der Waals surface area contributed by atoms with E-state index < -0.39 is 0 Å². The third-order valence-electron chi connectivity index (χ3n) is 10.9. The largest absolute Gasteiger partial charge is 0.0991 e. The van der Waals surface area contributed by atoms with E-state index in [0.29, 0.717) is 0 Å². The second kappa shape index (κ2) is 58.9. The van der Waals surface area contributed by atoms with Crippen molar-refractivity contribution < 1.29 is 0 Å². The first kappa shape index (κ1) is 85.5. The highest BCUT2D eigenvalue weighted by Gasteiger charge is 2.22. The first-order valence-corrected chi connectivity index (χ1v) is 32.0.